The summed E-state index contributed by atoms with van der Waals surface area (Å²) in [5, 5.41) is 7.15. The Morgan fingerprint density at radius 1 is 1.62 bits per heavy atom. The molecule has 0 bridgehead atoms. The Balaban J connectivity index is 1.69. The van der Waals surface area contributed by atoms with Crippen LogP contribution in [0.5, 0.6) is 0 Å². The molecule has 1 aliphatic rings. The number of nitrogens with zero attached hydrogens (tertiary/aromatic N) is 1. The zero-order chi connectivity index (χ0) is 11.0. The molecule has 0 amide bonds. The lowest BCUT2D eigenvalue weighted by Crippen LogP contribution is -2.17. The predicted molar refractivity (Wildman–Crippen MR) is 63.7 cm³/mol. The first-order chi connectivity index (χ1) is 7.83. The fourth-order valence-electron chi connectivity index (χ4n) is 2.10. The third-order valence-corrected chi connectivity index (χ3v) is 4.20. The van der Waals surface area contributed by atoms with Gasteiger partial charge in [0.15, 0.2) is 0 Å². The molecule has 3 nitrogen and oxygen atoms in total. The van der Waals surface area contributed by atoms with Gasteiger partial charge in [-0.3, -0.25) is 0 Å². The summed E-state index contributed by atoms with van der Waals surface area (Å²) in [6.07, 6.45) is 3.94. The number of aromatic nitrogens is 1. The lowest BCUT2D eigenvalue weighted by atomic mass is 10.2. The van der Waals surface area contributed by atoms with Gasteiger partial charge in [-0.15, -0.1) is 11.3 Å². The molecule has 3 rings (SSSR count). The van der Waals surface area contributed by atoms with E-state index in [0.29, 0.717) is 6.04 Å². The van der Waals surface area contributed by atoms with E-state index in [1.54, 1.807) is 17.5 Å². The van der Waals surface area contributed by atoms with Crippen molar-refractivity contribution < 1.29 is 4.52 Å². The van der Waals surface area contributed by atoms with Crippen molar-refractivity contribution in [3.05, 3.63) is 38.9 Å². The van der Waals surface area contributed by atoms with Crippen molar-refractivity contribution in [1.29, 1.82) is 0 Å². The summed E-state index contributed by atoms with van der Waals surface area (Å²) in [6, 6.07) is 4.36. The number of aryl methyl sites for hydroxylation is 1. The largest absolute Gasteiger partial charge is 0.360 e. The predicted octanol–water partition coefficient (Wildman–Crippen LogP) is 3.17. The fourth-order valence-corrected chi connectivity index (χ4v) is 3.46. The van der Waals surface area contributed by atoms with Crippen molar-refractivity contribution in [3.8, 4) is 0 Å². The van der Waals surface area contributed by atoms with E-state index in [1.807, 2.05) is 6.07 Å². The van der Waals surface area contributed by atoms with Crippen LogP contribution in [0, 0.1) is 0 Å². The van der Waals surface area contributed by atoms with Crippen molar-refractivity contribution >= 4 is 22.9 Å². The monoisotopic (exact) mass is 254 g/mol. The van der Waals surface area contributed by atoms with Gasteiger partial charge >= 0.3 is 0 Å². The molecule has 1 atom stereocenters. The Labute approximate surface area is 102 Å². The molecule has 0 spiro atoms. The lowest BCUT2D eigenvalue weighted by molar-refractivity contribution is 0.363. The molecule has 16 heavy (non-hydrogen) atoms. The van der Waals surface area contributed by atoms with E-state index < -0.39 is 0 Å². The van der Waals surface area contributed by atoms with Crippen molar-refractivity contribution in [2.24, 2.45) is 0 Å². The number of rotatable bonds is 3. The number of thiophene rings is 1. The third-order valence-electron chi connectivity index (χ3n) is 2.86. The summed E-state index contributed by atoms with van der Waals surface area (Å²) in [7, 11) is 0. The Morgan fingerprint density at radius 2 is 2.56 bits per heavy atom. The van der Waals surface area contributed by atoms with Gasteiger partial charge in [0.1, 0.15) is 5.76 Å². The van der Waals surface area contributed by atoms with E-state index in [0.717, 1.165) is 29.5 Å². The van der Waals surface area contributed by atoms with E-state index in [-0.39, 0.29) is 0 Å². The molecular formula is C11H11ClN2OS. The van der Waals surface area contributed by atoms with Crippen molar-refractivity contribution in [2.45, 2.75) is 25.4 Å². The maximum atomic E-state index is 6.01. The molecule has 1 unspecified atom stereocenters. The minimum absolute atomic E-state index is 0.406. The minimum atomic E-state index is 0.406. The summed E-state index contributed by atoms with van der Waals surface area (Å²) in [6.45, 7) is 0.720. The minimum Gasteiger partial charge on any atom is -0.360 e. The Bertz CT molecular complexity index is 480. The third kappa shape index (κ3) is 1.88. The van der Waals surface area contributed by atoms with Gasteiger partial charge in [0, 0.05) is 17.0 Å². The van der Waals surface area contributed by atoms with Crippen LogP contribution in [-0.2, 0) is 13.0 Å². The van der Waals surface area contributed by atoms with Crippen LogP contribution < -0.4 is 5.32 Å². The lowest BCUT2D eigenvalue weighted by Gasteiger charge is -2.10. The van der Waals surface area contributed by atoms with E-state index in [2.05, 4.69) is 16.5 Å². The van der Waals surface area contributed by atoms with E-state index >= 15 is 0 Å². The van der Waals surface area contributed by atoms with Crippen LogP contribution in [0.2, 0.25) is 4.34 Å². The Morgan fingerprint density at radius 3 is 3.38 bits per heavy atom. The fraction of sp³-hybridized carbons (Fsp3) is 0.364. The molecule has 0 radical (unpaired) electrons. The average Bonchev–Trinajstić information content (AvgIpc) is 2.91. The molecular weight excluding hydrogens is 244 g/mol. The van der Waals surface area contributed by atoms with Crippen LogP contribution in [0.15, 0.2) is 22.9 Å². The second kappa shape index (κ2) is 4.20. The molecule has 2 aromatic heterocycles. The quantitative estimate of drug-likeness (QED) is 0.914. The summed E-state index contributed by atoms with van der Waals surface area (Å²) in [5.74, 6) is 0.870. The molecule has 5 heteroatoms. The highest BCUT2D eigenvalue weighted by Gasteiger charge is 2.24. The molecule has 1 N–H and O–H groups in total. The average molecular weight is 255 g/mol. The van der Waals surface area contributed by atoms with Crippen LogP contribution in [0.25, 0.3) is 0 Å². The first-order valence-electron chi connectivity index (χ1n) is 5.24. The van der Waals surface area contributed by atoms with Crippen LogP contribution in [0.3, 0.4) is 0 Å². The van der Waals surface area contributed by atoms with Gasteiger partial charge in [-0.1, -0.05) is 16.8 Å². The molecule has 0 aliphatic heterocycles. The highest BCUT2D eigenvalue weighted by atomic mass is 35.5. The second-order valence-corrected chi connectivity index (χ2v) is 5.65. The Hall–Kier alpha value is -0.840. The summed E-state index contributed by atoms with van der Waals surface area (Å²) in [4.78, 5) is 1.42. The number of nitrogens with one attached hydrogen (secondary N) is 1. The highest BCUT2D eigenvalue weighted by Crippen LogP contribution is 2.39. The molecule has 2 aromatic rings. The first-order valence-corrected chi connectivity index (χ1v) is 6.43. The van der Waals surface area contributed by atoms with Gasteiger partial charge in [0.25, 0.3) is 0 Å². The van der Waals surface area contributed by atoms with Crippen molar-refractivity contribution in [1.82, 2.24) is 10.5 Å². The van der Waals surface area contributed by atoms with Crippen LogP contribution in [0.4, 0.5) is 0 Å². The van der Waals surface area contributed by atoms with Gasteiger partial charge in [0.2, 0.25) is 0 Å². The summed E-state index contributed by atoms with van der Waals surface area (Å²) < 4.78 is 5.94. The van der Waals surface area contributed by atoms with Crippen molar-refractivity contribution in [2.75, 3.05) is 0 Å². The maximum Gasteiger partial charge on any atom is 0.150 e. The number of halogens is 1. The van der Waals surface area contributed by atoms with Gasteiger partial charge < -0.3 is 9.84 Å². The van der Waals surface area contributed by atoms with Crippen LogP contribution >= 0.6 is 22.9 Å². The maximum absolute atomic E-state index is 6.01. The molecule has 0 fully saturated rings. The summed E-state index contributed by atoms with van der Waals surface area (Å²) >= 11 is 7.70. The van der Waals surface area contributed by atoms with Gasteiger partial charge in [-0.2, -0.15) is 0 Å². The topological polar surface area (TPSA) is 38.1 Å². The molecule has 0 saturated heterocycles. The van der Waals surface area contributed by atoms with E-state index in [4.69, 9.17) is 16.1 Å². The van der Waals surface area contributed by atoms with E-state index in [1.165, 1.54) is 10.4 Å². The molecule has 1 aliphatic carbocycles. The number of hydrogen-bond donors (Lipinski definition) is 1. The van der Waals surface area contributed by atoms with Crippen LogP contribution in [0.1, 0.15) is 28.7 Å². The number of hydrogen-bond acceptors (Lipinski definition) is 4. The second-order valence-electron chi connectivity index (χ2n) is 3.88. The summed E-state index contributed by atoms with van der Waals surface area (Å²) in [5.41, 5.74) is 1.36. The molecule has 84 valence electrons. The SMILES string of the molecule is Clc1cc2c(s1)CCC2NCc1ccno1. The molecule has 2 heterocycles. The van der Waals surface area contributed by atoms with Gasteiger partial charge in [-0.05, 0) is 24.5 Å². The first kappa shape index (κ1) is 10.3. The van der Waals surface area contributed by atoms with E-state index in [9.17, 15) is 0 Å². The van der Waals surface area contributed by atoms with Crippen molar-refractivity contribution in [3.63, 3.8) is 0 Å². The zero-order valence-electron chi connectivity index (χ0n) is 8.57. The Kier molecular flexibility index (Phi) is 2.71. The standard InChI is InChI=1S/C11H11ClN2OS/c12-11-5-8-9(1-2-10(8)16-11)13-6-7-3-4-14-15-7/h3-5,9,13H,1-2,6H2. The highest BCUT2D eigenvalue weighted by molar-refractivity contribution is 7.16. The molecule has 0 aromatic carbocycles. The number of fused-ring (bicyclic) bond motifs is 1. The van der Waals surface area contributed by atoms with Gasteiger partial charge in [-0.25, -0.2) is 0 Å². The normalized spacial score (nSPS) is 18.9. The van der Waals surface area contributed by atoms with Crippen LogP contribution in [-0.4, -0.2) is 5.16 Å². The van der Waals surface area contributed by atoms with Gasteiger partial charge in [0.05, 0.1) is 17.1 Å². The molecule has 0 saturated carbocycles. The smallest absolute Gasteiger partial charge is 0.150 e. The zero-order valence-corrected chi connectivity index (χ0v) is 10.1.